The summed E-state index contributed by atoms with van der Waals surface area (Å²) >= 11 is 0. The van der Waals surface area contributed by atoms with Crippen molar-refractivity contribution in [2.75, 3.05) is 18.5 Å². The van der Waals surface area contributed by atoms with Gasteiger partial charge in [-0.1, -0.05) is 32.0 Å². The Morgan fingerprint density at radius 3 is 2.38 bits per heavy atom. The third-order valence-corrected chi connectivity index (χ3v) is 5.72. The molecule has 3 aromatic rings. The molecule has 1 heterocycles. The van der Waals surface area contributed by atoms with Crippen LogP contribution in [0.4, 0.5) is 23.2 Å². The lowest BCUT2D eigenvalue weighted by Gasteiger charge is -2.27. The third-order valence-electron chi connectivity index (χ3n) is 5.72. The Labute approximate surface area is 211 Å². The van der Waals surface area contributed by atoms with Crippen LogP contribution in [0.15, 0.2) is 47.4 Å². The molecule has 0 aliphatic rings. The zero-order valence-corrected chi connectivity index (χ0v) is 20.8. The van der Waals surface area contributed by atoms with Crippen LogP contribution in [0, 0.1) is 11.2 Å². The Bertz CT molecular complexity index is 1360. The van der Waals surface area contributed by atoms with E-state index in [0.29, 0.717) is 0 Å². The molecular weight excluding hydrogens is 492 g/mol. The third kappa shape index (κ3) is 6.37. The van der Waals surface area contributed by atoms with Gasteiger partial charge in [0.15, 0.2) is 5.75 Å². The van der Waals surface area contributed by atoms with Crippen molar-refractivity contribution in [3.63, 3.8) is 0 Å². The average Bonchev–Trinajstić information content (AvgIpc) is 2.80. The number of hydrogen-bond donors (Lipinski definition) is 3. The molecule has 0 fully saturated rings. The van der Waals surface area contributed by atoms with Gasteiger partial charge >= 0.3 is 6.18 Å². The summed E-state index contributed by atoms with van der Waals surface area (Å²) in [6.07, 6.45) is -3.67. The number of carbonyl (C=O) groups is 1. The second-order valence-corrected chi connectivity index (χ2v) is 9.41. The largest absolute Gasteiger partial charge is 0.488 e. The SMILES string of the molecule is CCOc1cc(-c2ccc(-c3c(NC(C)=O)ccc(CC(C)(C)CO)c3C(F)(F)F)cc2F)c[nH]c1=O. The molecule has 198 valence electrons. The topological polar surface area (TPSA) is 91.4 Å². The molecule has 2 aromatic carbocycles. The van der Waals surface area contributed by atoms with E-state index in [-0.39, 0.29) is 58.9 Å². The summed E-state index contributed by atoms with van der Waals surface area (Å²) in [5.41, 5.74) is -2.77. The highest BCUT2D eigenvalue weighted by molar-refractivity contribution is 5.95. The number of nitrogens with one attached hydrogen (secondary N) is 2. The number of halogens is 4. The van der Waals surface area contributed by atoms with Crippen LogP contribution in [0.25, 0.3) is 22.3 Å². The average molecular weight is 521 g/mol. The molecule has 0 radical (unpaired) electrons. The van der Waals surface area contributed by atoms with Gasteiger partial charge in [0.05, 0.1) is 12.2 Å². The van der Waals surface area contributed by atoms with E-state index >= 15 is 4.39 Å². The number of aliphatic hydroxyl groups excluding tert-OH is 1. The van der Waals surface area contributed by atoms with Crippen LogP contribution >= 0.6 is 0 Å². The first kappa shape index (κ1) is 27.9. The maximum Gasteiger partial charge on any atom is 0.417 e. The monoisotopic (exact) mass is 520 g/mol. The number of carbonyl (C=O) groups excluding carboxylic acids is 1. The Hall–Kier alpha value is -3.66. The van der Waals surface area contributed by atoms with Crippen molar-refractivity contribution in [1.82, 2.24) is 4.98 Å². The fraction of sp³-hybridized carbons (Fsp3) is 0.333. The maximum atomic E-state index is 15.4. The molecule has 1 amide bonds. The molecule has 0 aliphatic heterocycles. The van der Waals surface area contributed by atoms with E-state index in [1.807, 2.05) is 0 Å². The molecule has 0 saturated heterocycles. The Morgan fingerprint density at radius 1 is 1.11 bits per heavy atom. The minimum Gasteiger partial charge on any atom is -0.488 e. The van der Waals surface area contributed by atoms with E-state index in [4.69, 9.17) is 4.74 Å². The van der Waals surface area contributed by atoms with Gasteiger partial charge in [0.1, 0.15) is 5.82 Å². The van der Waals surface area contributed by atoms with Gasteiger partial charge in [-0.05, 0) is 48.1 Å². The molecule has 0 saturated carbocycles. The lowest BCUT2D eigenvalue weighted by molar-refractivity contribution is -0.137. The van der Waals surface area contributed by atoms with Gasteiger partial charge < -0.3 is 20.1 Å². The first-order valence-electron chi connectivity index (χ1n) is 11.5. The number of amides is 1. The number of rotatable bonds is 8. The minimum absolute atomic E-state index is 0.0185. The van der Waals surface area contributed by atoms with E-state index in [0.717, 1.165) is 13.0 Å². The van der Waals surface area contributed by atoms with Gasteiger partial charge in [0.2, 0.25) is 5.91 Å². The molecule has 0 bridgehead atoms. The summed E-state index contributed by atoms with van der Waals surface area (Å²) in [6, 6.07) is 7.53. The lowest BCUT2D eigenvalue weighted by atomic mass is 9.82. The lowest BCUT2D eigenvalue weighted by Crippen LogP contribution is -2.23. The molecule has 3 N–H and O–H groups in total. The van der Waals surface area contributed by atoms with E-state index in [1.165, 1.54) is 36.5 Å². The summed E-state index contributed by atoms with van der Waals surface area (Å²) < 4.78 is 64.0. The van der Waals surface area contributed by atoms with Gasteiger partial charge in [-0.25, -0.2) is 4.39 Å². The zero-order valence-electron chi connectivity index (χ0n) is 20.8. The fourth-order valence-corrected chi connectivity index (χ4v) is 4.07. The number of aromatic amines is 1. The molecule has 0 atom stereocenters. The Morgan fingerprint density at radius 2 is 1.81 bits per heavy atom. The number of aliphatic hydroxyl groups is 1. The number of alkyl halides is 3. The molecule has 0 spiro atoms. The van der Waals surface area contributed by atoms with E-state index in [9.17, 15) is 27.9 Å². The zero-order chi connectivity index (χ0) is 27.5. The predicted molar refractivity (Wildman–Crippen MR) is 133 cm³/mol. The molecule has 10 heteroatoms. The van der Waals surface area contributed by atoms with Crippen LogP contribution in [0.5, 0.6) is 5.75 Å². The van der Waals surface area contributed by atoms with Crippen LogP contribution in [-0.2, 0) is 17.4 Å². The van der Waals surface area contributed by atoms with Crippen LogP contribution in [0.2, 0.25) is 0 Å². The first-order chi connectivity index (χ1) is 17.3. The molecular formula is C27H28F4N2O4. The van der Waals surface area contributed by atoms with Crippen molar-refractivity contribution in [2.24, 2.45) is 5.41 Å². The number of ether oxygens (including phenoxy) is 1. The summed E-state index contributed by atoms with van der Waals surface area (Å²) in [5.74, 6) is -1.45. The normalized spacial score (nSPS) is 11.9. The second kappa shape index (κ2) is 10.8. The highest BCUT2D eigenvalue weighted by atomic mass is 19.4. The first-order valence-corrected chi connectivity index (χ1v) is 11.5. The van der Waals surface area contributed by atoms with Gasteiger partial charge in [0, 0.05) is 42.1 Å². The van der Waals surface area contributed by atoms with Crippen molar-refractivity contribution in [3.05, 3.63) is 69.9 Å². The smallest absolute Gasteiger partial charge is 0.417 e. The number of hydrogen-bond acceptors (Lipinski definition) is 4. The molecule has 3 rings (SSSR count). The van der Waals surface area contributed by atoms with Crippen molar-refractivity contribution < 1.29 is 32.2 Å². The Balaban J connectivity index is 2.25. The predicted octanol–water partition coefficient (Wildman–Crippen LogP) is 5.78. The number of H-pyrrole nitrogens is 1. The minimum atomic E-state index is -4.84. The maximum absolute atomic E-state index is 15.4. The molecule has 0 unspecified atom stereocenters. The van der Waals surface area contributed by atoms with Crippen molar-refractivity contribution in [2.45, 2.75) is 40.3 Å². The molecule has 1 aromatic heterocycles. The highest BCUT2D eigenvalue weighted by Crippen LogP contribution is 2.45. The number of anilines is 1. The van der Waals surface area contributed by atoms with E-state index in [1.54, 1.807) is 20.8 Å². The number of benzene rings is 2. The quantitative estimate of drug-likeness (QED) is 0.328. The van der Waals surface area contributed by atoms with Crippen LogP contribution < -0.4 is 15.6 Å². The van der Waals surface area contributed by atoms with E-state index in [2.05, 4.69) is 10.3 Å². The van der Waals surface area contributed by atoms with Gasteiger partial charge in [-0.15, -0.1) is 0 Å². The Kier molecular flexibility index (Phi) is 8.12. The fourth-order valence-electron chi connectivity index (χ4n) is 4.07. The standard InChI is InChI=1S/C27H28F4N2O4/c1-5-37-22-11-18(13-32-25(22)36)19-8-6-16(10-20(19)28)23-21(33-15(2)35)9-7-17(12-26(3,4)14-34)24(23)27(29,30)31/h6-11,13,34H,5,12,14H2,1-4H3,(H,32,36)(H,33,35). The van der Waals surface area contributed by atoms with Crippen LogP contribution in [0.1, 0.15) is 38.8 Å². The molecule has 6 nitrogen and oxygen atoms in total. The summed E-state index contributed by atoms with van der Waals surface area (Å²) in [5, 5.41) is 12.1. The summed E-state index contributed by atoms with van der Waals surface area (Å²) in [4.78, 5) is 26.1. The van der Waals surface area contributed by atoms with Crippen molar-refractivity contribution in [1.29, 1.82) is 0 Å². The van der Waals surface area contributed by atoms with E-state index < -0.39 is 34.4 Å². The molecule has 37 heavy (non-hydrogen) atoms. The van der Waals surface area contributed by atoms with Crippen molar-refractivity contribution in [3.8, 4) is 28.0 Å². The number of pyridine rings is 1. The van der Waals surface area contributed by atoms with Gasteiger partial charge in [-0.3, -0.25) is 9.59 Å². The summed E-state index contributed by atoms with van der Waals surface area (Å²) in [6.45, 7) is 5.97. The van der Waals surface area contributed by atoms with Crippen molar-refractivity contribution >= 4 is 11.6 Å². The number of aromatic nitrogens is 1. The van der Waals surface area contributed by atoms with Gasteiger partial charge in [-0.2, -0.15) is 13.2 Å². The molecule has 0 aliphatic carbocycles. The van der Waals surface area contributed by atoms with Crippen LogP contribution in [-0.4, -0.2) is 29.2 Å². The van der Waals surface area contributed by atoms with Gasteiger partial charge in [0.25, 0.3) is 5.56 Å². The summed E-state index contributed by atoms with van der Waals surface area (Å²) in [7, 11) is 0. The second-order valence-electron chi connectivity index (χ2n) is 9.41. The highest BCUT2D eigenvalue weighted by Gasteiger charge is 2.39. The van der Waals surface area contributed by atoms with Crippen LogP contribution in [0.3, 0.4) is 0 Å².